The second-order valence-electron chi connectivity index (χ2n) is 3.69. The van der Waals surface area contributed by atoms with E-state index in [2.05, 4.69) is 33.2 Å². The molecule has 1 aromatic rings. The molecule has 1 aromatic carbocycles. The van der Waals surface area contributed by atoms with Gasteiger partial charge < -0.3 is 15.4 Å². The predicted octanol–water partition coefficient (Wildman–Crippen LogP) is 2.76. The van der Waals surface area contributed by atoms with Crippen LogP contribution in [0.25, 0.3) is 0 Å². The van der Waals surface area contributed by atoms with Crippen LogP contribution in [-0.2, 0) is 4.74 Å². The van der Waals surface area contributed by atoms with Crippen LogP contribution in [0.15, 0.2) is 18.2 Å². The van der Waals surface area contributed by atoms with Crippen LogP contribution < -0.4 is 10.6 Å². The van der Waals surface area contributed by atoms with Crippen molar-refractivity contribution in [2.45, 2.75) is 13.3 Å². The van der Waals surface area contributed by atoms with Gasteiger partial charge in [-0.2, -0.15) is 0 Å². The van der Waals surface area contributed by atoms with E-state index in [1.54, 1.807) is 7.11 Å². The topological polar surface area (TPSA) is 50.4 Å². The molecule has 4 nitrogen and oxygen atoms in total. The summed E-state index contributed by atoms with van der Waals surface area (Å²) in [6.45, 7) is 3.31. The summed E-state index contributed by atoms with van der Waals surface area (Å²) in [6.07, 6.45) is 0.815. The maximum Gasteiger partial charge on any atom is 0.319 e. The van der Waals surface area contributed by atoms with E-state index >= 15 is 0 Å². The fraction of sp³-hybridized carbons (Fsp3) is 0.417. The highest BCUT2D eigenvalue weighted by Crippen LogP contribution is 2.16. The van der Waals surface area contributed by atoms with Crippen molar-refractivity contribution in [2.24, 2.45) is 0 Å². The van der Waals surface area contributed by atoms with Gasteiger partial charge in [-0.05, 0) is 53.6 Å². The van der Waals surface area contributed by atoms with Crippen LogP contribution in [0, 0.1) is 10.5 Å². The molecule has 0 aromatic heterocycles. The van der Waals surface area contributed by atoms with Crippen molar-refractivity contribution >= 4 is 34.3 Å². The van der Waals surface area contributed by atoms with Crippen molar-refractivity contribution < 1.29 is 9.53 Å². The monoisotopic (exact) mass is 348 g/mol. The summed E-state index contributed by atoms with van der Waals surface area (Å²) in [6, 6.07) is 5.65. The predicted molar refractivity (Wildman–Crippen MR) is 77.4 cm³/mol. The van der Waals surface area contributed by atoms with Gasteiger partial charge in [0.25, 0.3) is 0 Å². The molecule has 0 radical (unpaired) electrons. The summed E-state index contributed by atoms with van der Waals surface area (Å²) in [5, 5.41) is 5.56. The third-order valence-electron chi connectivity index (χ3n) is 2.24. The summed E-state index contributed by atoms with van der Waals surface area (Å²) in [5.74, 6) is 0. The molecular weight excluding hydrogens is 331 g/mol. The van der Waals surface area contributed by atoms with Gasteiger partial charge in [0, 0.05) is 29.5 Å². The van der Waals surface area contributed by atoms with E-state index in [1.165, 1.54) is 5.56 Å². The molecular formula is C12H17IN2O2. The normalized spacial score (nSPS) is 10.1. The zero-order valence-corrected chi connectivity index (χ0v) is 12.2. The van der Waals surface area contributed by atoms with Gasteiger partial charge in [0.2, 0.25) is 0 Å². The Balaban J connectivity index is 2.37. The standard InChI is InChI=1S/C12H17IN2O2/c1-9-4-5-10(8-11(9)13)15-12(16)14-6-3-7-17-2/h4-5,8H,3,6-7H2,1-2H3,(H2,14,15,16). The van der Waals surface area contributed by atoms with Crippen LogP contribution in [0.4, 0.5) is 10.5 Å². The number of benzene rings is 1. The number of amides is 2. The number of carbonyl (C=O) groups excluding carboxylic acids is 1. The molecule has 0 saturated carbocycles. The molecule has 2 N–H and O–H groups in total. The average molecular weight is 348 g/mol. The number of methoxy groups -OCH3 is 1. The van der Waals surface area contributed by atoms with Crippen LogP contribution in [0.5, 0.6) is 0 Å². The lowest BCUT2D eigenvalue weighted by Crippen LogP contribution is -2.30. The van der Waals surface area contributed by atoms with E-state index < -0.39 is 0 Å². The number of carbonyl (C=O) groups is 1. The number of hydrogen-bond donors (Lipinski definition) is 2. The smallest absolute Gasteiger partial charge is 0.319 e. The highest BCUT2D eigenvalue weighted by Gasteiger charge is 2.02. The number of urea groups is 1. The largest absolute Gasteiger partial charge is 0.385 e. The molecule has 0 bridgehead atoms. The first-order valence-corrected chi connectivity index (χ1v) is 6.51. The van der Waals surface area contributed by atoms with Crippen LogP contribution in [-0.4, -0.2) is 26.3 Å². The van der Waals surface area contributed by atoms with E-state index in [0.717, 1.165) is 15.7 Å². The number of halogens is 1. The van der Waals surface area contributed by atoms with Gasteiger partial charge in [-0.3, -0.25) is 0 Å². The minimum absolute atomic E-state index is 0.180. The van der Waals surface area contributed by atoms with Gasteiger partial charge in [-0.1, -0.05) is 6.07 Å². The van der Waals surface area contributed by atoms with Gasteiger partial charge in [-0.25, -0.2) is 4.79 Å². The highest BCUT2D eigenvalue weighted by atomic mass is 127. The summed E-state index contributed by atoms with van der Waals surface area (Å²) in [5.41, 5.74) is 2.01. The number of ether oxygens (including phenoxy) is 1. The van der Waals surface area contributed by atoms with Gasteiger partial charge >= 0.3 is 6.03 Å². The SMILES string of the molecule is COCCCNC(=O)Nc1ccc(C)c(I)c1. The zero-order valence-electron chi connectivity index (χ0n) is 10.0. The van der Waals surface area contributed by atoms with Gasteiger partial charge in [0.1, 0.15) is 0 Å². The van der Waals surface area contributed by atoms with Gasteiger partial charge in [-0.15, -0.1) is 0 Å². The van der Waals surface area contributed by atoms with Crippen LogP contribution in [0.1, 0.15) is 12.0 Å². The van der Waals surface area contributed by atoms with E-state index in [0.29, 0.717) is 13.2 Å². The second kappa shape index (κ2) is 7.50. The molecule has 17 heavy (non-hydrogen) atoms. The van der Waals surface area contributed by atoms with Gasteiger partial charge in [0.15, 0.2) is 0 Å². The summed E-state index contributed by atoms with van der Waals surface area (Å²) in [4.78, 5) is 11.5. The van der Waals surface area contributed by atoms with Crippen molar-refractivity contribution in [3.63, 3.8) is 0 Å². The minimum Gasteiger partial charge on any atom is -0.385 e. The van der Waals surface area contributed by atoms with Crippen LogP contribution >= 0.6 is 22.6 Å². The van der Waals surface area contributed by atoms with E-state index in [4.69, 9.17) is 4.74 Å². The minimum atomic E-state index is -0.180. The molecule has 0 aliphatic rings. The molecule has 94 valence electrons. The Kier molecular flexibility index (Phi) is 6.28. The molecule has 1 rings (SSSR count). The molecule has 0 spiro atoms. The third-order valence-corrected chi connectivity index (χ3v) is 3.40. The third kappa shape index (κ3) is 5.36. The second-order valence-corrected chi connectivity index (χ2v) is 4.85. The first kappa shape index (κ1) is 14.2. The summed E-state index contributed by atoms with van der Waals surface area (Å²) >= 11 is 2.25. The molecule has 0 aliphatic heterocycles. The zero-order chi connectivity index (χ0) is 12.7. The number of aryl methyl sites for hydroxylation is 1. The molecule has 5 heteroatoms. The van der Waals surface area contributed by atoms with E-state index in [-0.39, 0.29) is 6.03 Å². The van der Waals surface area contributed by atoms with Crippen molar-refractivity contribution in [1.29, 1.82) is 0 Å². The Morgan fingerprint density at radius 2 is 2.24 bits per heavy atom. The van der Waals surface area contributed by atoms with Gasteiger partial charge in [0.05, 0.1) is 0 Å². The maximum atomic E-state index is 11.5. The van der Waals surface area contributed by atoms with Crippen LogP contribution in [0.2, 0.25) is 0 Å². The number of nitrogens with one attached hydrogen (secondary N) is 2. The quantitative estimate of drug-likeness (QED) is 0.635. The molecule has 0 unspecified atom stereocenters. The highest BCUT2D eigenvalue weighted by molar-refractivity contribution is 14.1. The Labute approximate surface area is 115 Å². The number of hydrogen-bond acceptors (Lipinski definition) is 2. The first-order chi connectivity index (χ1) is 8.13. The molecule has 0 fully saturated rings. The lowest BCUT2D eigenvalue weighted by Gasteiger charge is -2.08. The summed E-state index contributed by atoms with van der Waals surface area (Å²) < 4.78 is 6.04. The first-order valence-electron chi connectivity index (χ1n) is 5.43. The molecule has 0 heterocycles. The summed E-state index contributed by atoms with van der Waals surface area (Å²) in [7, 11) is 1.65. The molecule has 0 aliphatic carbocycles. The lowest BCUT2D eigenvalue weighted by molar-refractivity contribution is 0.194. The number of rotatable bonds is 5. The van der Waals surface area contributed by atoms with Crippen molar-refractivity contribution in [3.8, 4) is 0 Å². The average Bonchev–Trinajstić information content (AvgIpc) is 2.30. The van der Waals surface area contributed by atoms with Crippen molar-refractivity contribution in [3.05, 3.63) is 27.3 Å². The fourth-order valence-corrected chi connectivity index (χ4v) is 1.78. The Hall–Kier alpha value is -0.820. The van der Waals surface area contributed by atoms with E-state index in [9.17, 15) is 4.79 Å². The molecule has 2 amide bonds. The van der Waals surface area contributed by atoms with Crippen molar-refractivity contribution in [2.75, 3.05) is 25.6 Å². The fourth-order valence-electron chi connectivity index (χ4n) is 1.26. The molecule has 0 atom stereocenters. The molecule has 0 saturated heterocycles. The van der Waals surface area contributed by atoms with Crippen LogP contribution in [0.3, 0.4) is 0 Å². The maximum absolute atomic E-state index is 11.5. The lowest BCUT2D eigenvalue weighted by atomic mass is 10.2. The Bertz CT molecular complexity index is 383. The Morgan fingerprint density at radius 3 is 2.88 bits per heavy atom. The van der Waals surface area contributed by atoms with Crippen molar-refractivity contribution in [1.82, 2.24) is 5.32 Å². The number of anilines is 1. The van der Waals surface area contributed by atoms with E-state index in [1.807, 2.05) is 25.1 Å². The Morgan fingerprint density at radius 1 is 1.47 bits per heavy atom.